The van der Waals surface area contributed by atoms with Crippen molar-refractivity contribution in [2.24, 2.45) is 0 Å². The zero-order valence-electron chi connectivity index (χ0n) is 16.5. The summed E-state index contributed by atoms with van der Waals surface area (Å²) in [6, 6.07) is 20.2. The number of amides is 1. The third kappa shape index (κ3) is 5.24. The van der Waals surface area contributed by atoms with Crippen molar-refractivity contribution in [3.8, 4) is 0 Å². The summed E-state index contributed by atoms with van der Waals surface area (Å²) in [5, 5.41) is 3.25. The number of nitrogens with zero attached hydrogens (tertiary/aromatic N) is 3. The van der Waals surface area contributed by atoms with Crippen LogP contribution in [-0.2, 0) is 11.3 Å². The largest absolute Gasteiger partial charge is 0.339 e. The first-order valence-corrected chi connectivity index (χ1v) is 10.6. The smallest absolute Gasteiger partial charge is 0.234 e. The van der Waals surface area contributed by atoms with Gasteiger partial charge in [-0.15, -0.1) is 23.7 Å². The summed E-state index contributed by atoms with van der Waals surface area (Å²) in [6.45, 7) is 6.21. The number of carbonyl (C=O) groups is 1. The van der Waals surface area contributed by atoms with Gasteiger partial charge in [-0.25, -0.2) is 4.98 Å². The highest BCUT2D eigenvalue weighted by molar-refractivity contribution is 7.09. The number of benzene rings is 2. The van der Waals surface area contributed by atoms with E-state index in [0.29, 0.717) is 0 Å². The number of rotatable bonds is 5. The van der Waals surface area contributed by atoms with Crippen molar-refractivity contribution in [2.45, 2.75) is 19.4 Å². The molecule has 6 heteroatoms. The van der Waals surface area contributed by atoms with Gasteiger partial charge in [-0.3, -0.25) is 9.69 Å². The van der Waals surface area contributed by atoms with Gasteiger partial charge in [0, 0.05) is 37.3 Å². The van der Waals surface area contributed by atoms with E-state index in [1.807, 2.05) is 48.2 Å². The number of carbonyl (C=O) groups excluding carboxylic acids is 1. The molecule has 0 unspecified atom stereocenters. The molecule has 1 aromatic heterocycles. The third-order valence-electron chi connectivity index (χ3n) is 5.22. The van der Waals surface area contributed by atoms with Crippen LogP contribution in [0.2, 0.25) is 0 Å². The van der Waals surface area contributed by atoms with Crippen LogP contribution in [0.5, 0.6) is 0 Å². The number of hydrogen-bond donors (Lipinski definition) is 0. The predicted octanol–water partition coefficient (Wildman–Crippen LogP) is 4.35. The van der Waals surface area contributed by atoms with Gasteiger partial charge < -0.3 is 4.90 Å². The Morgan fingerprint density at radius 1 is 0.966 bits per heavy atom. The van der Waals surface area contributed by atoms with Crippen molar-refractivity contribution in [1.82, 2.24) is 14.8 Å². The summed E-state index contributed by atoms with van der Waals surface area (Å²) >= 11 is 1.72. The Morgan fingerprint density at radius 3 is 2.00 bits per heavy atom. The molecule has 0 radical (unpaired) electrons. The number of aromatic nitrogens is 1. The quantitative estimate of drug-likeness (QED) is 0.607. The maximum atomic E-state index is 13.5. The number of hydrogen-bond acceptors (Lipinski definition) is 4. The molecule has 0 spiro atoms. The molecule has 1 fully saturated rings. The number of aryl methyl sites for hydroxylation is 1. The molecular weight excluding hydrogens is 402 g/mol. The molecule has 0 saturated carbocycles. The molecule has 0 N–H and O–H groups in total. The van der Waals surface area contributed by atoms with E-state index in [2.05, 4.69) is 39.5 Å². The van der Waals surface area contributed by atoms with E-state index in [-0.39, 0.29) is 24.2 Å². The molecule has 29 heavy (non-hydrogen) atoms. The SMILES string of the molecule is Cc1csc(CN2CCN(C(=O)C(c3ccccc3)c3ccccc3)CC2)n1.Cl. The fourth-order valence-electron chi connectivity index (χ4n) is 3.74. The molecule has 4 rings (SSSR count). The van der Waals surface area contributed by atoms with Crippen LogP contribution in [0.15, 0.2) is 66.0 Å². The van der Waals surface area contributed by atoms with Gasteiger partial charge in [-0.05, 0) is 18.1 Å². The van der Waals surface area contributed by atoms with Crippen LogP contribution < -0.4 is 0 Å². The van der Waals surface area contributed by atoms with Gasteiger partial charge in [0.15, 0.2) is 0 Å². The van der Waals surface area contributed by atoms with E-state index < -0.39 is 0 Å². The molecule has 2 aromatic carbocycles. The first-order valence-electron chi connectivity index (χ1n) is 9.73. The minimum Gasteiger partial charge on any atom is -0.339 e. The van der Waals surface area contributed by atoms with Gasteiger partial charge in [0.1, 0.15) is 5.01 Å². The van der Waals surface area contributed by atoms with Gasteiger partial charge in [0.05, 0.1) is 12.5 Å². The molecule has 0 aliphatic carbocycles. The van der Waals surface area contributed by atoms with Crippen LogP contribution in [0.25, 0.3) is 0 Å². The van der Waals surface area contributed by atoms with E-state index >= 15 is 0 Å². The zero-order valence-corrected chi connectivity index (χ0v) is 18.2. The minimum absolute atomic E-state index is 0. The standard InChI is InChI=1S/C23H25N3OS.ClH/c1-18-17-28-21(24-18)16-25-12-14-26(15-13-25)23(27)22(19-8-4-2-5-9-19)20-10-6-3-7-11-20;/h2-11,17,22H,12-16H2,1H3;1H. The summed E-state index contributed by atoms with van der Waals surface area (Å²) in [4.78, 5) is 22.4. The van der Waals surface area contributed by atoms with Gasteiger partial charge in [-0.2, -0.15) is 0 Å². The number of halogens is 1. The van der Waals surface area contributed by atoms with Crippen molar-refractivity contribution >= 4 is 29.7 Å². The van der Waals surface area contributed by atoms with Gasteiger partial charge in [0.25, 0.3) is 0 Å². The molecule has 2 heterocycles. The number of piperazine rings is 1. The Hall–Kier alpha value is -2.21. The summed E-state index contributed by atoms with van der Waals surface area (Å²) in [5.74, 6) is -0.0438. The number of thiazole rings is 1. The van der Waals surface area contributed by atoms with E-state index in [9.17, 15) is 4.79 Å². The fraction of sp³-hybridized carbons (Fsp3) is 0.304. The molecular formula is C23H26ClN3OS. The Morgan fingerprint density at radius 2 is 1.52 bits per heavy atom. The van der Waals surface area contributed by atoms with Crippen molar-refractivity contribution in [1.29, 1.82) is 0 Å². The van der Waals surface area contributed by atoms with E-state index in [4.69, 9.17) is 0 Å². The van der Waals surface area contributed by atoms with Crippen LogP contribution in [0.4, 0.5) is 0 Å². The van der Waals surface area contributed by atoms with Crippen molar-refractivity contribution < 1.29 is 4.79 Å². The molecule has 0 atom stereocenters. The third-order valence-corrected chi connectivity index (χ3v) is 6.17. The Kier molecular flexibility index (Phi) is 7.42. The van der Waals surface area contributed by atoms with Gasteiger partial charge in [-0.1, -0.05) is 60.7 Å². The van der Waals surface area contributed by atoms with Crippen molar-refractivity contribution in [3.05, 3.63) is 87.9 Å². The van der Waals surface area contributed by atoms with E-state index in [1.165, 1.54) is 0 Å². The lowest BCUT2D eigenvalue weighted by atomic mass is 9.90. The summed E-state index contributed by atoms with van der Waals surface area (Å²) in [7, 11) is 0. The molecule has 1 saturated heterocycles. The van der Waals surface area contributed by atoms with Crippen molar-refractivity contribution in [3.63, 3.8) is 0 Å². The molecule has 4 nitrogen and oxygen atoms in total. The van der Waals surface area contributed by atoms with Crippen LogP contribution in [0.3, 0.4) is 0 Å². The van der Waals surface area contributed by atoms with Crippen LogP contribution in [-0.4, -0.2) is 46.9 Å². The molecule has 1 amide bonds. The van der Waals surface area contributed by atoms with Gasteiger partial charge >= 0.3 is 0 Å². The first kappa shape index (κ1) is 21.5. The lowest BCUT2D eigenvalue weighted by Crippen LogP contribution is -2.49. The van der Waals surface area contributed by atoms with Gasteiger partial charge in [0.2, 0.25) is 5.91 Å². The van der Waals surface area contributed by atoms with Crippen LogP contribution in [0.1, 0.15) is 27.7 Å². The second-order valence-electron chi connectivity index (χ2n) is 7.24. The second-order valence-corrected chi connectivity index (χ2v) is 8.18. The minimum atomic E-state index is -0.240. The second kappa shape index (κ2) is 10.0. The zero-order chi connectivity index (χ0) is 19.3. The maximum absolute atomic E-state index is 13.5. The van der Waals surface area contributed by atoms with Crippen LogP contribution >= 0.6 is 23.7 Å². The molecule has 3 aromatic rings. The summed E-state index contributed by atoms with van der Waals surface area (Å²) in [5.41, 5.74) is 3.20. The first-order chi connectivity index (χ1) is 13.7. The average Bonchev–Trinajstić information content (AvgIpc) is 3.15. The summed E-state index contributed by atoms with van der Waals surface area (Å²) < 4.78 is 0. The van der Waals surface area contributed by atoms with E-state index in [0.717, 1.165) is 54.6 Å². The highest BCUT2D eigenvalue weighted by atomic mass is 35.5. The molecule has 1 aliphatic heterocycles. The normalized spacial score (nSPS) is 14.6. The fourth-order valence-corrected chi connectivity index (χ4v) is 4.56. The lowest BCUT2D eigenvalue weighted by molar-refractivity contribution is -0.133. The highest BCUT2D eigenvalue weighted by Crippen LogP contribution is 2.27. The Bertz CT molecular complexity index is 869. The maximum Gasteiger partial charge on any atom is 0.234 e. The molecule has 1 aliphatic rings. The highest BCUT2D eigenvalue weighted by Gasteiger charge is 2.29. The molecule has 152 valence electrons. The predicted molar refractivity (Wildman–Crippen MR) is 121 cm³/mol. The van der Waals surface area contributed by atoms with E-state index in [1.54, 1.807) is 11.3 Å². The molecule has 0 bridgehead atoms. The topological polar surface area (TPSA) is 36.4 Å². The lowest BCUT2D eigenvalue weighted by Gasteiger charge is -2.36. The monoisotopic (exact) mass is 427 g/mol. The van der Waals surface area contributed by atoms with Crippen LogP contribution in [0, 0.1) is 6.92 Å². The average molecular weight is 428 g/mol. The van der Waals surface area contributed by atoms with Crippen molar-refractivity contribution in [2.75, 3.05) is 26.2 Å². The summed E-state index contributed by atoms with van der Waals surface area (Å²) in [6.07, 6.45) is 0. The Labute approximate surface area is 182 Å². The Balaban J connectivity index is 0.00000240.